The summed E-state index contributed by atoms with van der Waals surface area (Å²) < 4.78 is 0. The number of nitrogens with one attached hydrogen (secondary N) is 1. The summed E-state index contributed by atoms with van der Waals surface area (Å²) in [5.41, 5.74) is 5.09. The molecule has 1 amide bonds. The van der Waals surface area contributed by atoms with E-state index in [4.69, 9.17) is 5.73 Å². The summed E-state index contributed by atoms with van der Waals surface area (Å²) >= 11 is 0. The molecular weight excluding hydrogens is 254 g/mol. The quantitative estimate of drug-likeness (QED) is 0.691. The minimum absolute atomic E-state index is 0.201. The Bertz CT molecular complexity index is 327. The maximum atomic E-state index is 11.8. The first kappa shape index (κ1) is 15.7. The normalized spacial score (nSPS) is 31.1. The van der Waals surface area contributed by atoms with Gasteiger partial charge in [-0.3, -0.25) is 9.69 Å². The number of amides is 1. The first-order chi connectivity index (χ1) is 9.59. The smallest absolute Gasteiger partial charge is 0.237 e. The molecule has 2 fully saturated rings. The van der Waals surface area contributed by atoms with E-state index >= 15 is 0 Å². The Morgan fingerprint density at radius 1 is 1.35 bits per heavy atom. The highest BCUT2D eigenvalue weighted by molar-refractivity contribution is 5.84. The van der Waals surface area contributed by atoms with Crippen LogP contribution in [0.25, 0.3) is 0 Å². The van der Waals surface area contributed by atoms with Crippen LogP contribution in [-0.2, 0) is 4.79 Å². The lowest BCUT2D eigenvalue weighted by Crippen LogP contribution is -2.62. The van der Waals surface area contributed by atoms with E-state index in [1.54, 1.807) is 0 Å². The average Bonchev–Trinajstić information content (AvgIpc) is 2.46. The van der Waals surface area contributed by atoms with E-state index in [2.05, 4.69) is 17.1 Å². The van der Waals surface area contributed by atoms with Crippen molar-refractivity contribution in [2.24, 2.45) is 5.73 Å². The predicted octanol–water partition coefficient (Wildman–Crippen LogP) is 0.609. The molecule has 0 aromatic carbocycles. The van der Waals surface area contributed by atoms with Gasteiger partial charge in [0.1, 0.15) is 5.54 Å². The van der Waals surface area contributed by atoms with Crippen LogP contribution in [0.15, 0.2) is 0 Å². The molecule has 20 heavy (non-hydrogen) atoms. The molecule has 4 N–H and O–H groups in total. The van der Waals surface area contributed by atoms with Gasteiger partial charge in [-0.1, -0.05) is 19.8 Å². The maximum absolute atomic E-state index is 11.8. The maximum Gasteiger partial charge on any atom is 0.237 e. The Balaban J connectivity index is 1.93. The lowest BCUT2D eigenvalue weighted by atomic mass is 9.83. The molecule has 0 aromatic rings. The molecule has 0 aromatic heterocycles. The van der Waals surface area contributed by atoms with Gasteiger partial charge >= 0.3 is 0 Å². The van der Waals surface area contributed by atoms with Gasteiger partial charge in [0.05, 0.1) is 6.10 Å². The van der Waals surface area contributed by atoms with Crippen molar-refractivity contribution in [2.75, 3.05) is 19.6 Å². The topological polar surface area (TPSA) is 78.6 Å². The van der Waals surface area contributed by atoms with E-state index in [9.17, 15) is 9.90 Å². The predicted molar refractivity (Wildman–Crippen MR) is 79.3 cm³/mol. The number of nitrogens with zero attached hydrogens (tertiary/aromatic N) is 1. The molecule has 2 atom stereocenters. The van der Waals surface area contributed by atoms with Crippen LogP contribution in [0.4, 0.5) is 0 Å². The van der Waals surface area contributed by atoms with Gasteiger partial charge in [-0.15, -0.1) is 0 Å². The zero-order valence-corrected chi connectivity index (χ0v) is 12.6. The molecule has 0 bridgehead atoms. The number of rotatable bonds is 5. The summed E-state index contributed by atoms with van der Waals surface area (Å²) in [6, 6.07) is 0.279. The van der Waals surface area contributed by atoms with Crippen LogP contribution < -0.4 is 11.1 Å². The van der Waals surface area contributed by atoms with Crippen molar-refractivity contribution in [3.8, 4) is 0 Å². The molecule has 0 unspecified atom stereocenters. The third kappa shape index (κ3) is 3.32. The summed E-state index contributed by atoms with van der Waals surface area (Å²) in [4.78, 5) is 14.2. The number of hydrogen-bond donors (Lipinski definition) is 3. The molecule has 2 rings (SSSR count). The molecule has 1 heterocycles. The first-order valence-electron chi connectivity index (χ1n) is 8.06. The van der Waals surface area contributed by atoms with Crippen molar-refractivity contribution >= 4 is 5.91 Å². The lowest BCUT2D eigenvalue weighted by molar-refractivity contribution is -0.127. The summed E-state index contributed by atoms with van der Waals surface area (Å²) in [5, 5.41) is 13.5. The van der Waals surface area contributed by atoms with Crippen molar-refractivity contribution in [2.45, 2.75) is 69.6 Å². The van der Waals surface area contributed by atoms with Gasteiger partial charge in [-0.05, 0) is 38.6 Å². The fraction of sp³-hybridized carbons (Fsp3) is 0.933. The number of aliphatic hydroxyl groups excluding tert-OH is 1. The fourth-order valence-electron chi connectivity index (χ4n) is 3.63. The summed E-state index contributed by atoms with van der Waals surface area (Å²) in [6.07, 6.45) is 6.64. The van der Waals surface area contributed by atoms with Crippen LogP contribution in [-0.4, -0.2) is 53.2 Å². The van der Waals surface area contributed by atoms with Crippen molar-refractivity contribution < 1.29 is 9.90 Å². The van der Waals surface area contributed by atoms with Gasteiger partial charge in [0, 0.05) is 19.1 Å². The Morgan fingerprint density at radius 2 is 2.00 bits per heavy atom. The third-order valence-corrected chi connectivity index (χ3v) is 5.00. The van der Waals surface area contributed by atoms with Gasteiger partial charge in [0.15, 0.2) is 0 Å². The van der Waals surface area contributed by atoms with E-state index in [0.717, 1.165) is 58.2 Å². The molecule has 0 spiro atoms. The Hall–Kier alpha value is -0.650. The van der Waals surface area contributed by atoms with Crippen molar-refractivity contribution in [3.63, 3.8) is 0 Å². The van der Waals surface area contributed by atoms with Crippen LogP contribution in [0.5, 0.6) is 0 Å². The molecular formula is C15H29N3O2. The van der Waals surface area contributed by atoms with Crippen LogP contribution >= 0.6 is 0 Å². The highest BCUT2D eigenvalue weighted by Gasteiger charge is 2.41. The van der Waals surface area contributed by atoms with Crippen LogP contribution in [0, 0.1) is 0 Å². The number of nitrogens with two attached hydrogens (primary N) is 1. The number of carbonyl (C=O) groups excluding carboxylic acids is 1. The van der Waals surface area contributed by atoms with Gasteiger partial charge in [-0.2, -0.15) is 0 Å². The fourth-order valence-corrected chi connectivity index (χ4v) is 3.63. The molecule has 1 saturated carbocycles. The Labute approximate surface area is 121 Å². The summed E-state index contributed by atoms with van der Waals surface area (Å²) in [7, 11) is 0. The number of likely N-dealkylation sites (tertiary alicyclic amines) is 1. The lowest BCUT2D eigenvalue weighted by Gasteiger charge is -2.45. The third-order valence-electron chi connectivity index (χ3n) is 5.00. The van der Waals surface area contributed by atoms with E-state index in [0.29, 0.717) is 0 Å². The number of hydrogen-bond acceptors (Lipinski definition) is 4. The van der Waals surface area contributed by atoms with Crippen LogP contribution in [0.1, 0.15) is 51.9 Å². The highest BCUT2D eigenvalue weighted by atomic mass is 16.3. The molecule has 116 valence electrons. The molecule has 1 aliphatic carbocycles. The monoisotopic (exact) mass is 283 g/mol. The minimum atomic E-state index is -0.536. The minimum Gasteiger partial charge on any atom is -0.391 e. The molecule has 0 radical (unpaired) electrons. The first-order valence-corrected chi connectivity index (χ1v) is 8.06. The van der Waals surface area contributed by atoms with Crippen LogP contribution in [0.2, 0.25) is 0 Å². The van der Waals surface area contributed by atoms with Gasteiger partial charge in [0.25, 0.3) is 0 Å². The van der Waals surface area contributed by atoms with Crippen LogP contribution in [0.3, 0.4) is 0 Å². The van der Waals surface area contributed by atoms with E-state index in [1.165, 1.54) is 6.42 Å². The van der Waals surface area contributed by atoms with E-state index in [1.807, 2.05) is 0 Å². The van der Waals surface area contributed by atoms with Gasteiger partial charge in [-0.25, -0.2) is 0 Å². The largest absolute Gasteiger partial charge is 0.391 e. The second kappa shape index (κ2) is 6.87. The van der Waals surface area contributed by atoms with Crippen molar-refractivity contribution in [1.29, 1.82) is 0 Å². The molecule has 1 saturated heterocycles. The second-order valence-corrected chi connectivity index (χ2v) is 6.33. The number of piperidine rings is 1. The Morgan fingerprint density at radius 3 is 2.55 bits per heavy atom. The zero-order valence-electron chi connectivity index (χ0n) is 12.6. The van der Waals surface area contributed by atoms with E-state index < -0.39 is 5.54 Å². The number of primary amides is 1. The van der Waals surface area contributed by atoms with E-state index in [-0.39, 0.29) is 18.1 Å². The van der Waals surface area contributed by atoms with Crippen molar-refractivity contribution in [3.05, 3.63) is 0 Å². The second-order valence-electron chi connectivity index (χ2n) is 6.33. The molecule has 5 nitrogen and oxygen atoms in total. The summed E-state index contributed by atoms with van der Waals surface area (Å²) in [5.74, 6) is -0.227. The molecule has 5 heteroatoms. The SMILES string of the molecule is CCCNC1(C(N)=O)CCN([C@@H]2CCCC[C@H]2O)CC1. The van der Waals surface area contributed by atoms with Crippen molar-refractivity contribution in [1.82, 2.24) is 10.2 Å². The zero-order chi connectivity index (χ0) is 14.6. The number of carbonyl (C=O) groups is 1. The number of aliphatic hydroxyl groups is 1. The molecule has 2 aliphatic rings. The average molecular weight is 283 g/mol. The Kier molecular flexibility index (Phi) is 5.41. The standard InChI is InChI=1S/C15H29N3O2/c1-2-9-17-15(14(16)20)7-10-18(11-8-15)12-5-3-4-6-13(12)19/h12-13,17,19H,2-11H2,1H3,(H2,16,20)/t12-,13-/m1/s1. The highest BCUT2D eigenvalue weighted by Crippen LogP contribution is 2.29. The van der Waals surface area contributed by atoms with Gasteiger partial charge < -0.3 is 16.2 Å². The molecule has 1 aliphatic heterocycles. The van der Waals surface area contributed by atoms with Gasteiger partial charge in [0.2, 0.25) is 5.91 Å². The summed E-state index contributed by atoms with van der Waals surface area (Å²) in [6.45, 7) is 4.62.